The summed E-state index contributed by atoms with van der Waals surface area (Å²) in [4.78, 5) is 20.8. The first-order valence-corrected chi connectivity index (χ1v) is 5.13. The van der Waals surface area contributed by atoms with E-state index < -0.39 is 0 Å². The van der Waals surface area contributed by atoms with Crippen molar-refractivity contribution < 1.29 is 4.79 Å². The van der Waals surface area contributed by atoms with Crippen LogP contribution in [0.2, 0.25) is 0 Å². The van der Waals surface area contributed by atoms with E-state index in [1.165, 1.54) is 0 Å². The van der Waals surface area contributed by atoms with Gasteiger partial charge in [-0.15, -0.1) is 0 Å². The number of unbranched alkanes of at least 4 members (excludes halogenated alkanes) is 1. The Balaban J connectivity index is 2.28. The Morgan fingerprint density at radius 1 is 1.27 bits per heavy atom. The molecule has 0 N–H and O–H groups in total. The van der Waals surface area contributed by atoms with E-state index in [1.807, 2.05) is 0 Å². The van der Waals surface area contributed by atoms with Gasteiger partial charge in [0.2, 0.25) is 0 Å². The first-order valence-electron chi connectivity index (χ1n) is 5.13. The normalized spacial score (nSPS) is 10.6. The number of rotatable bonds is 6. The van der Waals surface area contributed by atoms with Crippen molar-refractivity contribution in [2.75, 3.05) is 20.6 Å². The first kappa shape index (κ1) is 11.8. The molecule has 0 bridgehead atoms. The lowest BCUT2D eigenvalue weighted by molar-refractivity contribution is 0.112. The highest BCUT2D eigenvalue weighted by atomic mass is 16.1. The van der Waals surface area contributed by atoms with E-state index in [1.54, 1.807) is 12.4 Å². The van der Waals surface area contributed by atoms with Gasteiger partial charge in [-0.1, -0.05) is 0 Å². The molecule has 0 atom stereocenters. The average Bonchev–Trinajstić information content (AvgIpc) is 2.25. The highest BCUT2D eigenvalue weighted by Gasteiger charge is 1.98. The van der Waals surface area contributed by atoms with Gasteiger partial charge in [0, 0.05) is 18.8 Å². The Labute approximate surface area is 90.3 Å². The summed E-state index contributed by atoms with van der Waals surface area (Å²) in [5.74, 6) is 0.819. The van der Waals surface area contributed by atoms with Gasteiger partial charge < -0.3 is 4.90 Å². The minimum Gasteiger partial charge on any atom is -0.309 e. The van der Waals surface area contributed by atoms with Gasteiger partial charge in [-0.3, -0.25) is 4.79 Å². The third-order valence-corrected chi connectivity index (χ3v) is 2.12. The lowest BCUT2D eigenvalue weighted by atomic mass is 10.2. The minimum atomic E-state index is 0.534. The Hall–Kier alpha value is -1.29. The Bertz CT molecular complexity index is 295. The van der Waals surface area contributed by atoms with Gasteiger partial charge in [0.25, 0.3) is 0 Å². The van der Waals surface area contributed by atoms with Gasteiger partial charge in [-0.25, -0.2) is 9.97 Å². The fourth-order valence-corrected chi connectivity index (χ4v) is 1.27. The van der Waals surface area contributed by atoms with Crippen LogP contribution in [0.5, 0.6) is 0 Å². The molecule has 0 radical (unpaired) electrons. The van der Waals surface area contributed by atoms with Gasteiger partial charge >= 0.3 is 0 Å². The molecule has 0 spiro atoms. The Kier molecular flexibility index (Phi) is 4.90. The first-order chi connectivity index (χ1) is 7.22. The van der Waals surface area contributed by atoms with Crippen LogP contribution in [0.1, 0.15) is 29.0 Å². The molecule has 4 nitrogen and oxygen atoms in total. The molecule has 0 aliphatic heterocycles. The average molecular weight is 207 g/mol. The van der Waals surface area contributed by atoms with E-state index in [-0.39, 0.29) is 0 Å². The Morgan fingerprint density at radius 3 is 2.47 bits per heavy atom. The third kappa shape index (κ3) is 4.65. The zero-order chi connectivity index (χ0) is 11.1. The molecule has 0 fully saturated rings. The van der Waals surface area contributed by atoms with Crippen molar-refractivity contribution in [3.63, 3.8) is 0 Å². The molecule has 82 valence electrons. The summed E-state index contributed by atoms with van der Waals surface area (Å²) in [6.45, 7) is 1.09. The maximum absolute atomic E-state index is 10.4. The van der Waals surface area contributed by atoms with Crippen molar-refractivity contribution in [2.24, 2.45) is 0 Å². The number of hydrogen-bond acceptors (Lipinski definition) is 4. The summed E-state index contributed by atoms with van der Waals surface area (Å²) in [6, 6.07) is 0. The van der Waals surface area contributed by atoms with Gasteiger partial charge in [-0.05, 0) is 33.5 Å². The van der Waals surface area contributed by atoms with Crippen molar-refractivity contribution in [3.05, 3.63) is 23.8 Å². The monoisotopic (exact) mass is 207 g/mol. The largest absolute Gasteiger partial charge is 0.309 e. The molecule has 1 aromatic rings. The fraction of sp³-hybridized carbons (Fsp3) is 0.545. The van der Waals surface area contributed by atoms with Crippen LogP contribution >= 0.6 is 0 Å². The summed E-state index contributed by atoms with van der Waals surface area (Å²) < 4.78 is 0. The van der Waals surface area contributed by atoms with Crippen LogP contribution in [0.25, 0.3) is 0 Å². The van der Waals surface area contributed by atoms with Crippen molar-refractivity contribution in [1.29, 1.82) is 0 Å². The summed E-state index contributed by atoms with van der Waals surface area (Å²) in [6.07, 6.45) is 7.01. The SMILES string of the molecule is CN(C)CCCCc1ncc(C=O)cn1. The maximum atomic E-state index is 10.4. The summed E-state index contributed by atoms with van der Waals surface area (Å²) in [5, 5.41) is 0. The second-order valence-corrected chi connectivity index (χ2v) is 3.81. The molecule has 1 heterocycles. The van der Waals surface area contributed by atoms with Crippen molar-refractivity contribution in [3.8, 4) is 0 Å². The number of hydrogen-bond donors (Lipinski definition) is 0. The molecule has 1 rings (SSSR count). The van der Waals surface area contributed by atoms with Gasteiger partial charge in [0.05, 0.1) is 5.56 Å². The fourth-order valence-electron chi connectivity index (χ4n) is 1.27. The highest BCUT2D eigenvalue weighted by Crippen LogP contribution is 2.00. The van der Waals surface area contributed by atoms with Crippen LogP contribution in [0.3, 0.4) is 0 Å². The zero-order valence-corrected chi connectivity index (χ0v) is 9.31. The van der Waals surface area contributed by atoms with E-state index >= 15 is 0 Å². The lowest BCUT2D eigenvalue weighted by Crippen LogP contribution is -2.13. The second kappa shape index (κ2) is 6.24. The van der Waals surface area contributed by atoms with E-state index in [2.05, 4.69) is 29.0 Å². The minimum absolute atomic E-state index is 0.534. The highest BCUT2D eigenvalue weighted by molar-refractivity contribution is 5.73. The molecule has 0 aliphatic rings. The lowest BCUT2D eigenvalue weighted by Gasteiger charge is -2.07. The molecule has 15 heavy (non-hydrogen) atoms. The summed E-state index contributed by atoms with van der Waals surface area (Å²) in [5.41, 5.74) is 0.534. The maximum Gasteiger partial charge on any atom is 0.153 e. The zero-order valence-electron chi connectivity index (χ0n) is 9.31. The quantitative estimate of drug-likeness (QED) is 0.519. The molecular formula is C11H17N3O. The molecule has 0 saturated carbocycles. The molecule has 0 aromatic carbocycles. The van der Waals surface area contributed by atoms with Crippen molar-refractivity contribution >= 4 is 6.29 Å². The molecule has 4 heteroatoms. The van der Waals surface area contributed by atoms with Crippen molar-refractivity contribution in [1.82, 2.24) is 14.9 Å². The van der Waals surface area contributed by atoms with Gasteiger partial charge in [-0.2, -0.15) is 0 Å². The van der Waals surface area contributed by atoms with Crippen LogP contribution in [-0.2, 0) is 6.42 Å². The molecule has 0 unspecified atom stereocenters. The summed E-state index contributed by atoms with van der Waals surface area (Å²) >= 11 is 0. The molecule has 0 aliphatic carbocycles. The molecule has 1 aromatic heterocycles. The number of carbonyl (C=O) groups is 1. The van der Waals surface area contributed by atoms with Crippen molar-refractivity contribution in [2.45, 2.75) is 19.3 Å². The number of carbonyl (C=O) groups excluding carboxylic acids is 1. The van der Waals surface area contributed by atoms with Gasteiger partial charge in [0.1, 0.15) is 5.82 Å². The topological polar surface area (TPSA) is 46.1 Å². The molecule has 0 saturated heterocycles. The van der Waals surface area contributed by atoms with E-state index in [9.17, 15) is 4.79 Å². The summed E-state index contributed by atoms with van der Waals surface area (Å²) in [7, 11) is 4.13. The van der Waals surface area contributed by atoms with E-state index in [0.717, 1.165) is 37.9 Å². The third-order valence-electron chi connectivity index (χ3n) is 2.12. The number of aryl methyl sites for hydroxylation is 1. The predicted molar refractivity (Wildman–Crippen MR) is 58.9 cm³/mol. The number of aldehydes is 1. The Morgan fingerprint density at radius 2 is 1.93 bits per heavy atom. The van der Waals surface area contributed by atoms with Crippen LogP contribution < -0.4 is 0 Å². The van der Waals surface area contributed by atoms with E-state index in [4.69, 9.17) is 0 Å². The number of nitrogens with zero attached hydrogens (tertiary/aromatic N) is 3. The van der Waals surface area contributed by atoms with Crippen LogP contribution in [0, 0.1) is 0 Å². The van der Waals surface area contributed by atoms with Crippen LogP contribution in [0.4, 0.5) is 0 Å². The molecule has 0 amide bonds. The second-order valence-electron chi connectivity index (χ2n) is 3.81. The molecular weight excluding hydrogens is 190 g/mol. The smallest absolute Gasteiger partial charge is 0.153 e. The van der Waals surface area contributed by atoms with Crippen LogP contribution in [-0.4, -0.2) is 41.8 Å². The predicted octanol–water partition coefficient (Wildman–Crippen LogP) is 1.17. The van der Waals surface area contributed by atoms with E-state index in [0.29, 0.717) is 5.56 Å². The standard InChI is InChI=1S/C11H17N3O/c1-14(2)6-4-3-5-11-12-7-10(9-15)8-13-11/h7-9H,3-6H2,1-2H3. The van der Waals surface area contributed by atoms with Crippen LogP contribution in [0.15, 0.2) is 12.4 Å². The number of aromatic nitrogens is 2. The van der Waals surface area contributed by atoms with Gasteiger partial charge in [0.15, 0.2) is 6.29 Å².